The lowest BCUT2D eigenvalue weighted by Gasteiger charge is -2.11. The summed E-state index contributed by atoms with van der Waals surface area (Å²) in [5, 5.41) is 9.41. The highest BCUT2D eigenvalue weighted by Gasteiger charge is 2.21. The molecule has 0 saturated heterocycles. The van der Waals surface area contributed by atoms with E-state index in [2.05, 4.69) is 4.98 Å². The predicted octanol–water partition coefficient (Wildman–Crippen LogP) is 3.16. The minimum absolute atomic E-state index is 0.0111. The molecule has 3 rings (SSSR count). The van der Waals surface area contributed by atoms with Gasteiger partial charge in [-0.1, -0.05) is 18.2 Å². The van der Waals surface area contributed by atoms with E-state index in [4.69, 9.17) is 0 Å². The molecule has 0 atom stereocenters. The van der Waals surface area contributed by atoms with E-state index in [9.17, 15) is 23.5 Å². The van der Waals surface area contributed by atoms with Crippen LogP contribution in [0, 0.1) is 12.7 Å². The van der Waals surface area contributed by atoms with Crippen molar-refractivity contribution in [2.45, 2.75) is 19.9 Å². The summed E-state index contributed by atoms with van der Waals surface area (Å²) in [6.07, 6.45) is 0.0111. The number of alkyl halides is 1. The zero-order valence-corrected chi connectivity index (χ0v) is 14.1. The van der Waals surface area contributed by atoms with Gasteiger partial charge in [0.25, 0.3) is 5.56 Å². The molecule has 5 nitrogen and oxygen atoms in total. The lowest BCUT2D eigenvalue weighted by molar-refractivity contribution is 0.0701. The van der Waals surface area contributed by atoms with Gasteiger partial charge in [-0.2, -0.15) is 0 Å². The summed E-state index contributed by atoms with van der Waals surface area (Å²) in [4.78, 5) is 28.7. The lowest BCUT2D eigenvalue weighted by Crippen LogP contribution is -2.26. The van der Waals surface area contributed by atoms with Gasteiger partial charge in [0.15, 0.2) is 0 Å². The largest absolute Gasteiger partial charge is 0.477 e. The zero-order valence-electron chi connectivity index (χ0n) is 13.3. The molecule has 2 aromatic heterocycles. The van der Waals surface area contributed by atoms with E-state index in [1.807, 2.05) is 0 Å². The first-order valence-corrected chi connectivity index (χ1v) is 8.31. The minimum Gasteiger partial charge on any atom is -0.477 e. The minimum atomic E-state index is -1.15. The number of hydrogen-bond donors (Lipinski definition) is 1. The molecule has 0 aliphatic rings. The van der Waals surface area contributed by atoms with E-state index in [-0.39, 0.29) is 33.9 Å². The van der Waals surface area contributed by atoms with Gasteiger partial charge >= 0.3 is 5.97 Å². The summed E-state index contributed by atoms with van der Waals surface area (Å²) in [7, 11) is 0. The Morgan fingerprint density at radius 1 is 1.36 bits per heavy atom. The number of aryl methyl sites for hydroxylation is 1. The molecule has 0 aliphatic carbocycles. The molecule has 1 N–H and O–H groups in total. The van der Waals surface area contributed by atoms with Crippen molar-refractivity contribution in [2.24, 2.45) is 0 Å². The van der Waals surface area contributed by atoms with Gasteiger partial charge in [0.05, 0.1) is 11.9 Å². The van der Waals surface area contributed by atoms with Crippen LogP contribution in [-0.2, 0) is 13.0 Å². The molecule has 3 aromatic rings. The van der Waals surface area contributed by atoms with Crippen LogP contribution in [0.1, 0.15) is 26.6 Å². The van der Waals surface area contributed by atoms with E-state index < -0.39 is 24.0 Å². The van der Waals surface area contributed by atoms with E-state index >= 15 is 0 Å². The smallest absolute Gasteiger partial charge is 0.346 e. The molecule has 0 bridgehead atoms. The Labute approximate surface area is 145 Å². The van der Waals surface area contributed by atoms with Crippen LogP contribution < -0.4 is 5.56 Å². The summed E-state index contributed by atoms with van der Waals surface area (Å²) in [5.74, 6) is -1.39. The molecule has 0 saturated carbocycles. The van der Waals surface area contributed by atoms with Crippen LogP contribution in [0.5, 0.6) is 0 Å². The molecule has 0 amide bonds. The van der Waals surface area contributed by atoms with Crippen LogP contribution >= 0.6 is 11.3 Å². The van der Waals surface area contributed by atoms with Gasteiger partial charge < -0.3 is 5.11 Å². The first-order valence-electron chi connectivity index (χ1n) is 7.49. The number of fused-ring (bicyclic) bond motifs is 1. The summed E-state index contributed by atoms with van der Waals surface area (Å²) >= 11 is 0.890. The van der Waals surface area contributed by atoms with Gasteiger partial charge in [0.1, 0.15) is 28.0 Å². The molecule has 8 heteroatoms. The van der Waals surface area contributed by atoms with Gasteiger partial charge in [0, 0.05) is 6.42 Å². The van der Waals surface area contributed by atoms with E-state index in [0.29, 0.717) is 11.1 Å². The van der Waals surface area contributed by atoms with Crippen molar-refractivity contribution in [3.8, 4) is 0 Å². The van der Waals surface area contributed by atoms with Crippen LogP contribution in [0.25, 0.3) is 10.2 Å². The third-order valence-corrected chi connectivity index (χ3v) is 5.11. The summed E-state index contributed by atoms with van der Waals surface area (Å²) in [5.41, 5.74) is 0.137. The number of nitrogens with zero attached hydrogens (tertiary/aromatic N) is 2. The summed E-state index contributed by atoms with van der Waals surface area (Å²) in [6, 6.07) is 6.06. The molecule has 0 aliphatic heterocycles. The third kappa shape index (κ3) is 3.05. The highest BCUT2D eigenvalue weighted by Crippen LogP contribution is 2.27. The Balaban J connectivity index is 2.24. The first kappa shape index (κ1) is 17.2. The van der Waals surface area contributed by atoms with Gasteiger partial charge in [-0.05, 0) is 24.1 Å². The van der Waals surface area contributed by atoms with Crippen molar-refractivity contribution in [3.05, 3.63) is 62.3 Å². The maximum atomic E-state index is 13.9. The number of benzene rings is 1. The monoisotopic (exact) mass is 364 g/mol. The standard InChI is InChI=1S/C17H14F2N2O3S/c1-9-13-15(25-14(9)17(23)24)20-12(21(7-6-18)16(13)22)8-10-4-2-3-5-11(10)19/h2-5H,6-8H2,1H3,(H,23,24). The fourth-order valence-electron chi connectivity index (χ4n) is 2.72. The average molecular weight is 364 g/mol. The number of halogens is 2. The molecular formula is C17H14F2N2O3S. The van der Waals surface area contributed by atoms with Crippen LogP contribution in [0.4, 0.5) is 8.78 Å². The van der Waals surface area contributed by atoms with Crippen LogP contribution in [0.15, 0.2) is 29.1 Å². The number of carbonyl (C=O) groups is 1. The van der Waals surface area contributed by atoms with Crippen molar-refractivity contribution in [1.29, 1.82) is 0 Å². The molecule has 1 aromatic carbocycles. The number of carboxylic acids is 1. The fraction of sp³-hybridized carbons (Fsp3) is 0.235. The van der Waals surface area contributed by atoms with Crippen molar-refractivity contribution >= 4 is 27.5 Å². The first-order chi connectivity index (χ1) is 11.9. The molecule has 2 heterocycles. The van der Waals surface area contributed by atoms with Gasteiger partial charge in [0.2, 0.25) is 0 Å². The second-order valence-corrected chi connectivity index (χ2v) is 6.48. The predicted molar refractivity (Wildman–Crippen MR) is 90.8 cm³/mol. The third-order valence-electron chi connectivity index (χ3n) is 3.94. The average Bonchev–Trinajstić information content (AvgIpc) is 2.90. The van der Waals surface area contributed by atoms with Crippen molar-refractivity contribution in [1.82, 2.24) is 9.55 Å². The number of aromatic carboxylic acids is 1. The molecule has 25 heavy (non-hydrogen) atoms. The Morgan fingerprint density at radius 3 is 2.72 bits per heavy atom. The number of aromatic nitrogens is 2. The summed E-state index contributed by atoms with van der Waals surface area (Å²) in [6.45, 7) is 0.525. The number of rotatable bonds is 5. The fourth-order valence-corrected chi connectivity index (χ4v) is 3.75. The van der Waals surface area contributed by atoms with Gasteiger partial charge in [-0.15, -0.1) is 11.3 Å². The number of thiophene rings is 1. The van der Waals surface area contributed by atoms with Crippen LogP contribution in [0.2, 0.25) is 0 Å². The van der Waals surface area contributed by atoms with Crippen LogP contribution in [0.3, 0.4) is 0 Å². The van der Waals surface area contributed by atoms with Gasteiger partial charge in [-0.25, -0.2) is 18.6 Å². The van der Waals surface area contributed by atoms with E-state index in [0.717, 1.165) is 15.9 Å². The van der Waals surface area contributed by atoms with Crippen LogP contribution in [-0.4, -0.2) is 27.3 Å². The lowest BCUT2D eigenvalue weighted by atomic mass is 10.1. The van der Waals surface area contributed by atoms with E-state index in [1.165, 1.54) is 13.0 Å². The van der Waals surface area contributed by atoms with Gasteiger partial charge in [-0.3, -0.25) is 9.36 Å². The molecule has 0 spiro atoms. The quantitative estimate of drug-likeness (QED) is 0.755. The Morgan fingerprint density at radius 2 is 2.08 bits per heavy atom. The molecule has 130 valence electrons. The Kier molecular flexibility index (Phi) is 4.63. The zero-order chi connectivity index (χ0) is 18.1. The maximum Gasteiger partial charge on any atom is 0.346 e. The maximum absolute atomic E-state index is 13.9. The second kappa shape index (κ2) is 6.72. The summed E-state index contributed by atoms with van der Waals surface area (Å²) < 4.78 is 28.0. The molecule has 0 unspecified atom stereocenters. The Hall–Kier alpha value is -2.61. The SMILES string of the molecule is Cc1c(C(=O)O)sc2nc(Cc3ccccc3F)n(CCF)c(=O)c12. The highest BCUT2D eigenvalue weighted by molar-refractivity contribution is 7.20. The molecule has 0 fully saturated rings. The van der Waals surface area contributed by atoms with Crippen molar-refractivity contribution in [3.63, 3.8) is 0 Å². The van der Waals surface area contributed by atoms with E-state index in [1.54, 1.807) is 18.2 Å². The molecule has 0 radical (unpaired) electrons. The topological polar surface area (TPSA) is 72.2 Å². The highest BCUT2D eigenvalue weighted by atomic mass is 32.1. The number of carboxylic acid groups (broad SMARTS) is 1. The van der Waals surface area contributed by atoms with Crippen molar-refractivity contribution < 1.29 is 18.7 Å². The number of hydrogen-bond acceptors (Lipinski definition) is 4. The van der Waals surface area contributed by atoms with Crippen molar-refractivity contribution in [2.75, 3.05) is 6.67 Å². The normalized spacial score (nSPS) is 11.2. The second-order valence-electron chi connectivity index (χ2n) is 5.48. The molecular weight excluding hydrogens is 350 g/mol. The Bertz CT molecular complexity index is 1030.